The zero-order valence-electron chi connectivity index (χ0n) is 10.5. The topological polar surface area (TPSA) is 3.24 Å². The van der Waals surface area contributed by atoms with Crippen LogP contribution in [0.2, 0.25) is 0 Å². The minimum Gasteiger partial charge on any atom is -0.334 e. The molecule has 1 aliphatic rings. The number of hydrogen-bond donors (Lipinski definition) is 0. The van der Waals surface area contributed by atoms with Crippen LogP contribution in [0.3, 0.4) is 0 Å². The molecule has 0 atom stereocenters. The zero-order valence-corrected chi connectivity index (χ0v) is 11.3. The SMILES string of the molecule is C=C1C(Cl)=CC(C)=C(c2ccccc2)N1CC(F)F. The summed E-state index contributed by atoms with van der Waals surface area (Å²) >= 11 is 6.03. The summed E-state index contributed by atoms with van der Waals surface area (Å²) in [7, 11) is 0. The first-order valence-electron chi connectivity index (χ1n) is 5.89. The fourth-order valence-corrected chi connectivity index (χ4v) is 2.40. The molecule has 1 aliphatic heterocycles. The lowest BCUT2D eigenvalue weighted by Crippen LogP contribution is -2.29. The van der Waals surface area contributed by atoms with E-state index in [0.29, 0.717) is 10.7 Å². The first kappa shape index (κ1) is 13.8. The quantitative estimate of drug-likeness (QED) is 0.780. The Balaban J connectivity index is 2.51. The normalized spacial score (nSPS) is 16.2. The molecular weight excluding hydrogens is 268 g/mol. The highest BCUT2D eigenvalue weighted by Gasteiger charge is 2.25. The van der Waals surface area contributed by atoms with Gasteiger partial charge in [-0.2, -0.15) is 0 Å². The molecule has 19 heavy (non-hydrogen) atoms. The van der Waals surface area contributed by atoms with Crippen molar-refractivity contribution in [2.75, 3.05) is 6.54 Å². The van der Waals surface area contributed by atoms with Gasteiger partial charge in [-0.15, -0.1) is 0 Å². The second-order valence-electron chi connectivity index (χ2n) is 4.34. The summed E-state index contributed by atoms with van der Waals surface area (Å²) in [4.78, 5) is 1.48. The summed E-state index contributed by atoms with van der Waals surface area (Å²) in [5.74, 6) is 0. The molecule has 0 unspecified atom stereocenters. The molecule has 0 aliphatic carbocycles. The first-order valence-corrected chi connectivity index (χ1v) is 6.27. The van der Waals surface area contributed by atoms with Crippen LogP contribution < -0.4 is 0 Å². The Morgan fingerprint density at radius 2 is 1.89 bits per heavy atom. The summed E-state index contributed by atoms with van der Waals surface area (Å²) in [6.07, 6.45) is -0.695. The van der Waals surface area contributed by atoms with E-state index in [0.717, 1.165) is 16.8 Å². The fourth-order valence-electron chi connectivity index (χ4n) is 2.14. The summed E-state index contributed by atoms with van der Waals surface area (Å²) < 4.78 is 25.5. The number of hydrogen-bond acceptors (Lipinski definition) is 1. The third-order valence-electron chi connectivity index (χ3n) is 2.96. The minimum absolute atomic E-state index is 0.401. The summed E-state index contributed by atoms with van der Waals surface area (Å²) in [6.45, 7) is 5.24. The summed E-state index contributed by atoms with van der Waals surface area (Å²) in [5, 5.41) is 0.401. The average molecular weight is 282 g/mol. The lowest BCUT2D eigenvalue weighted by molar-refractivity contribution is 0.123. The van der Waals surface area contributed by atoms with Gasteiger partial charge in [0, 0.05) is 0 Å². The fraction of sp³-hybridized carbons (Fsp3) is 0.200. The Morgan fingerprint density at radius 1 is 1.26 bits per heavy atom. The van der Waals surface area contributed by atoms with Gasteiger partial charge in [-0.05, 0) is 24.1 Å². The largest absolute Gasteiger partial charge is 0.334 e. The zero-order chi connectivity index (χ0) is 14.0. The molecule has 1 aromatic rings. The van der Waals surface area contributed by atoms with E-state index in [9.17, 15) is 8.78 Å². The van der Waals surface area contributed by atoms with E-state index >= 15 is 0 Å². The molecule has 0 bridgehead atoms. The van der Waals surface area contributed by atoms with E-state index in [4.69, 9.17) is 11.6 Å². The Labute approximate surface area is 116 Å². The maximum Gasteiger partial charge on any atom is 0.256 e. The molecule has 0 amide bonds. The first-order chi connectivity index (χ1) is 9.00. The highest BCUT2D eigenvalue weighted by atomic mass is 35.5. The molecule has 0 radical (unpaired) electrons. The van der Waals surface area contributed by atoms with Gasteiger partial charge in [0.2, 0.25) is 0 Å². The van der Waals surface area contributed by atoms with Crippen molar-refractivity contribution in [3.05, 3.63) is 64.9 Å². The van der Waals surface area contributed by atoms with Gasteiger partial charge in [0.05, 0.1) is 23.0 Å². The van der Waals surface area contributed by atoms with Crippen LogP contribution in [-0.4, -0.2) is 17.9 Å². The van der Waals surface area contributed by atoms with E-state index in [1.807, 2.05) is 37.3 Å². The molecule has 0 spiro atoms. The van der Waals surface area contributed by atoms with Gasteiger partial charge in [0.25, 0.3) is 6.43 Å². The number of benzene rings is 1. The predicted molar refractivity (Wildman–Crippen MR) is 74.8 cm³/mol. The van der Waals surface area contributed by atoms with Gasteiger partial charge >= 0.3 is 0 Å². The van der Waals surface area contributed by atoms with E-state index in [-0.39, 0.29) is 0 Å². The van der Waals surface area contributed by atoms with E-state index in [1.165, 1.54) is 4.90 Å². The van der Waals surface area contributed by atoms with Crippen molar-refractivity contribution in [3.63, 3.8) is 0 Å². The molecule has 100 valence electrons. The van der Waals surface area contributed by atoms with Crippen LogP contribution in [0, 0.1) is 0 Å². The number of nitrogens with zero attached hydrogens (tertiary/aromatic N) is 1. The van der Waals surface area contributed by atoms with E-state index < -0.39 is 13.0 Å². The second kappa shape index (κ2) is 5.57. The van der Waals surface area contributed by atoms with Crippen LogP contribution >= 0.6 is 11.6 Å². The molecule has 0 aromatic heterocycles. The van der Waals surface area contributed by atoms with Gasteiger partial charge in [-0.25, -0.2) is 8.78 Å². The molecule has 1 aromatic carbocycles. The van der Waals surface area contributed by atoms with E-state index in [2.05, 4.69) is 6.58 Å². The molecule has 0 fully saturated rings. The van der Waals surface area contributed by atoms with Crippen LogP contribution in [0.4, 0.5) is 8.78 Å². The van der Waals surface area contributed by atoms with Crippen LogP contribution in [0.15, 0.2) is 59.3 Å². The standard InChI is InChI=1S/C15H14ClF2N/c1-10-8-13(16)11(2)19(9-14(17)18)15(10)12-6-4-3-5-7-12/h3-8,14H,2,9H2,1H3. The van der Waals surface area contributed by atoms with Crippen LogP contribution in [0.5, 0.6) is 0 Å². The summed E-state index contributed by atoms with van der Waals surface area (Å²) in [6, 6.07) is 9.41. The third-order valence-corrected chi connectivity index (χ3v) is 3.28. The molecular formula is C15H14ClF2N. The lowest BCUT2D eigenvalue weighted by atomic mass is 10.0. The van der Waals surface area contributed by atoms with Crippen molar-refractivity contribution in [1.29, 1.82) is 0 Å². The summed E-state index contributed by atoms with van der Waals surface area (Å²) in [5.41, 5.74) is 2.87. The van der Waals surface area contributed by atoms with Crippen LogP contribution in [0.25, 0.3) is 5.70 Å². The Morgan fingerprint density at radius 3 is 2.47 bits per heavy atom. The monoisotopic (exact) mass is 281 g/mol. The van der Waals surface area contributed by atoms with Crippen molar-refractivity contribution < 1.29 is 8.78 Å². The van der Waals surface area contributed by atoms with Crippen LogP contribution in [-0.2, 0) is 0 Å². The molecule has 0 N–H and O–H groups in total. The number of rotatable bonds is 3. The maximum absolute atomic E-state index is 12.8. The van der Waals surface area contributed by atoms with Gasteiger partial charge in [0.15, 0.2) is 0 Å². The highest BCUT2D eigenvalue weighted by molar-refractivity contribution is 6.32. The Hall–Kier alpha value is -1.61. The smallest absolute Gasteiger partial charge is 0.256 e. The van der Waals surface area contributed by atoms with Crippen molar-refractivity contribution in [3.8, 4) is 0 Å². The minimum atomic E-state index is -2.45. The van der Waals surface area contributed by atoms with Gasteiger partial charge in [0.1, 0.15) is 0 Å². The molecule has 1 heterocycles. The van der Waals surface area contributed by atoms with Crippen molar-refractivity contribution in [1.82, 2.24) is 4.90 Å². The van der Waals surface area contributed by atoms with Gasteiger partial charge in [-0.1, -0.05) is 48.5 Å². The molecule has 0 saturated carbocycles. The third kappa shape index (κ3) is 2.87. The Kier molecular flexibility index (Phi) is 4.05. The van der Waals surface area contributed by atoms with Crippen LogP contribution in [0.1, 0.15) is 12.5 Å². The number of alkyl halides is 2. The van der Waals surface area contributed by atoms with Crippen molar-refractivity contribution >= 4 is 17.3 Å². The number of halogens is 3. The second-order valence-corrected chi connectivity index (χ2v) is 4.75. The molecule has 4 heteroatoms. The van der Waals surface area contributed by atoms with Crippen molar-refractivity contribution in [2.24, 2.45) is 0 Å². The Bertz CT molecular complexity index is 547. The van der Waals surface area contributed by atoms with Gasteiger partial charge in [-0.3, -0.25) is 0 Å². The van der Waals surface area contributed by atoms with Gasteiger partial charge < -0.3 is 4.90 Å². The lowest BCUT2D eigenvalue weighted by Gasteiger charge is -2.33. The molecule has 0 saturated heterocycles. The average Bonchev–Trinajstić information content (AvgIpc) is 2.36. The molecule has 1 nitrogen and oxygen atoms in total. The number of allylic oxidation sites excluding steroid dienone is 3. The van der Waals surface area contributed by atoms with Crippen molar-refractivity contribution in [2.45, 2.75) is 13.3 Å². The molecule has 2 rings (SSSR count). The highest BCUT2D eigenvalue weighted by Crippen LogP contribution is 2.36. The van der Waals surface area contributed by atoms with E-state index in [1.54, 1.807) is 6.08 Å². The maximum atomic E-state index is 12.8. The predicted octanol–water partition coefficient (Wildman–Crippen LogP) is 4.63.